The summed E-state index contributed by atoms with van der Waals surface area (Å²) in [7, 11) is 2.02. The molecule has 1 aromatic carbocycles. The van der Waals surface area contributed by atoms with Crippen molar-refractivity contribution in [2.45, 2.75) is 18.9 Å². The molecule has 0 amide bonds. The number of rotatable bonds is 3. The van der Waals surface area contributed by atoms with Crippen molar-refractivity contribution in [1.82, 2.24) is 15.3 Å². The van der Waals surface area contributed by atoms with Gasteiger partial charge < -0.3 is 10.2 Å². The second-order valence-electron chi connectivity index (χ2n) is 5.00. The van der Waals surface area contributed by atoms with Gasteiger partial charge in [0.15, 0.2) is 11.0 Å². The smallest absolute Gasteiger partial charge is 0.172 e. The third kappa shape index (κ3) is 3.14. The first-order valence-corrected chi connectivity index (χ1v) is 6.98. The zero-order valence-corrected chi connectivity index (χ0v) is 12.9. The molecule has 1 N–H and O–H groups in total. The second-order valence-corrected chi connectivity index (χ2v) is 5.36. The molecule has 0 aliphatic carbocycles. The number of nitrogens with one attached hydrogen (secondary N) is 1. The maximum absolute atomic E-state index is 6.25. The van der Waals surface area contributed by atoms with Crippen LogP contribution in [0.1, 0.15) is 12.8 Å². The van der Waals surface area contributed by atoms with Crippen molar-refractivity contribution >= 4 is 40.9 Å². The Kier molecular flexibility index (Phi) is 5.02. The molecule has 3 rings (SSSR count). The number of anilines is 1. The van der Waals surface area contributed by atoms with E-state index in [1.807, 2.05) is 31.3 Å². The molecule has 1 aliphatic rings. The highest BCUT2D eigenvalue weighted by Gasteiger charge is 2.18. The van der Waals surface area contributed by atoms with Crippen molar-refractivity contribution in [1.29, 1.82) is 0 Å². The Morgan fingerprint density at radius 3 is 2.65 bits per heavy atom. The van der Waals surface area contributed by atoms with E-state index in [1.165, 1.54) is 12.8 Å². The molecule has 0 spiro atoms. The maximum atomic E-state index is 6.25. The van der Waals surface area contributed by atoms with Gasteiger partial charge in [0.2, 0.25) is 0 Å². The lowest BCUT2D eigenvalue weighted by Crippen LogP contribution is -2.35. The molecule has 6 heteroatoms. The van der Waals surface area contributed by atoms with Crippen molar-refractivity contribution in [2.75, 3.05) is 25.0 Å². The van der Waals surface area contributed by atoms with E-state index in [-0.39, 0.29) is 12.4 Å². The van der Waals surface area contributed by atoms with Gasteiger partial charge in [-0.3, -0.25) is 0 Å². The molecule has 1 atom stereocenters. The van der Waals surface area contributed by atoms with Crippen LogP contribution in [-0.4, -0.2) is 36.1 Å². The first-order valence-electron chi connectivity index (χ1n) is 6.61. The van der Waals surface area contributed by atoms with Gasteiger partial charge in [-0.05, 0) is 31.5 Å². The average molecular weight is 313 g/mol. The maximum Gasteiger partial charge on any atom is 0.172 e. The van der Waals surface area contributed by atoms with Crippen LogP contribution in [0.15, 0.2) is 24.3 Å². The fourth-order valence-corrected chi connectivity index (χ4v) is 2.82. The zero-order valence-electron chi connectivity index (χ0n) is 11.3. The SMILES string of the molecule is CN(CC1CCCN1)c1nc2ccccc2nc1Cl.Cl. The lowest BCUT2D eigenvalue weighted by Gasteiger charge is -2.23. The van der Waals surface area contributed by atoms with E-state index in [9.17, 15) is 0 Å². The summed E-state index contributed by atoms with van der Waals surface area (Å²) < 4.78 is 0. The molecule has 0 saturated carbocycles. The summed E-state index contributed by atoms with van der Waals surface area (Å²) in [5.74, 6) is 0.758. The van der Waals surface area contributed by atoms with Crippen LogP contribution in [0.5, 0.6) is 0 Å². The van der Waals surface area contributed by atoms with Crippen molar-refractivity contribution in [2.24, 2.45) is 0 Å². The standard InChI is InChI=1S/C14H17ClN4.ClH/c1-19(9-10-5-4-8-16-10)14-13(15)17-11-6-2-3-7-12(11)18-14;/h2-3,6-7,10,16H,4-5,8-9H2,1H3;1H. The van der Waals surface area contributed by atoms with Crippen LogP contribution in [0.25, 0.3) is 11.0 Å². The van der Waals surface area contributed by atoms with Crippen molar-refractivity contribution in [3.05, 3.63) is 29.4 Å². The van der Waals surface area contributed by atoms with E-state index >= 15 is 0 Å². The van der Waals surface area contributed by atoms with Gasteiger partial charge in [-0.1, -0.05) is 23.7 Å². The zero-order chi connectivity index (χ0) is 13.2. The van der Waals surface area contributed by atoms with Gasteiger partial charge >= 0.3 is 0 Å². The van der Waals surface area contributed by atoms with Gasteiger partial charge in [0.05, 0.1) is 11.0 Å². The Morgan fingerprint density at radius 2 is 2.00 bits per heavy atom. The van der Waals surface area contributed by atoms with E-state index < -0.39 is 0 Å². The summed E-state index contributed by atoms with van der Waals surface area (Å²) in [6, 6.07) is 8.32. The predicted octanol–water partition coefficient (Wildman–Crippen LogP) is 2.89. The number of likely N-dealkylation sites (N-methyl/N-ethyl adjacent to an activating group) is 1. The van der Waals surface area contributed by atoms with Crippen molar-refractivity contribution in [3.63, 3.8) is 0 Å². The van der Waals surface area contributed by atoms with Crippen molar-refractivity contribution < 1.29 is 0 Å². The molecule has 0 bridgehead atoms. The van der Waals surface area contributed by atoms with Gasteiger partial charge in [-0.15, -0.1) is 12.4 Å². The topological polar surface area (TPSA) is 41.0 Å². The van der Waals surface area contributed by atoms with E-state index in [4.69, 9.17) is 11.6 Å². The number of fused-ring (bicyclic) bond motifs is 1. The average Bonchev–Trinajstić information content (AvgIpc) is 2.90. The highest BCUT2D eigenvalue weighted by Crippen LogP contribution is 2.24. The lowest BCUT2D eigenvalue weighted by molar-refractivity contribution is 0.597. The number of hydrogen-bond donors (Lipinski definition) is 1. The van der Waals surface area contributed by atoms with Crippen LogP contribution in [0.2, 0.25) is 5.15 Å². The summed E-state index contributed by atoms with van der Waals surface area (Å²) in [4.78, 5) is 11.1. The predicted molar refractivity (Wildman–Crippen MR) is 86.1 cm³/mol. The van der Waals surface area contributed by atoms with E-state index in [2.05, 4.69) is 20.2 Å². The van der Waals surface area contributed by atoms with Crippen LogP contribution in [0.3, 0.4) is 0 Å². The van der Waals surface area contributed by atoms with E-state index in [0.717, 1.165) is 29.9 Å². The summed E-state index contributed by atoms with van der Waals surface area (Å²) >= 11 is 6.25. The number of aromatic nitrogens is 2. The minimum absolute atomic E-state index is 0. The monoisotopic (exact) mass is 312 g/mol. The molecular formula is C14H18Cl2N4. The van der Waals surface area contributed by atoms with Crippen molar-refractivity contribution in [3.8, 4) is 0 Å². The van der Waals surface area contributed by atoms with Gasteiger partial charge in [0, 0.05) is 19.6 Å². The summed E-state index contributed by atoms with van der Waals surface area (Å²) in [6.45, 7) is 2.02. The highest BCUT2D eigenvalue weighted by atomic mass is 35.5. The van der Waals surface area contributed by atoms with Crippen LogP contribution in [0, 0.1) is 0 Å². The summed E-state index contributed by atoms with van der Waals surface area (Å²) in [5, 5.41) is 3.95. The van der Waals surface area contributed by atoms with E-state index in [0.29, 0.717) is 11.2 Å². The van der Waals surface area contributed by atoms with Crippen LogP contribution in [0.4, 0.5) is 5.82 Å². The largest absolute Gasteiger partial charge is 0.356 e. The van der Waals surface area contributed by atoms with Crippen LogP contribution < -0.4 is 10.2 Å². The minimum Gasteiger partial charge on any atom is -0.356 e. The van der Waals surface area contributed by atoms with Gasteiger partial charge in [-0.25, -0.2) is 9.97 Å². The van der Waals surface area contributed by atoms with E-state index in [1.54, 1.807) is 0 Å². The molecule has 1 unspecified atom stereocenters. The number of hydrogen-bond acceptors (Lipinski definition) is 4. The molecule has 1 saturated heterocycles. The second kappa shape index (κ2) is 6.57. The Hall–Kier alpha value is -1.10. The molecule has 1 aliphatic heterocycles. The molecule has 4 nitrogen and oxygen atoms in total. The Bertz CT molecular complexity index is 584. The Morgan fingerprint density at radius 1 is 1.30 bits per heavy atom. The molecule has 20 heavy (non-hydrogen) atoms. The Labute approximate surface area is 130 Å². The van der Waals surface area contributed by atoms with Gasteiger partial charge in [0.25, 0.3) is 0 Å². The number of halogens is 2. The third-order valence-electron chi connectivity index (χ3n) is 3.53. The first kappa shape index (κ1) is 15.3. The third-order valence-corrected chi connectivity index (χ3v) is 3.78. The normalized spacial score (nSPS) is 18.0. The summed E-state index contributed by atoms with van der Waals surface area (Å²) in [6.07, 6.45) is 2.46. The lowest BCUT2D eigenvalue weighted by atomic mass is 10.2. The molecule has 108 valence electrons. The number of nitrogens with zero attached hydrogens (tertiary/aromatic N) is 3. The summed E-state index contributed by atoms with van der Waals surface area (Å²) in [5.41, 5.74) is 1.72. The fraction of sp³-hybridized carbons (Fsp3) is 0.429. The van der Waals surface area contributed by atoms with Crippen LogP contribution in [-0.2, 0) is 0 Å². The molecule has 1 fully saturated rings. The van der Waals surface area contributed by atoms with Crippen LogP contribution >= 0.6 is 24.0 Å². The molecule has 1 aromatic heterocycles. The fourth-order valence-electron chi connectivity index (χ4n) is 2.54. The van der Waals surface area contributed by atoms with Gasteiger partial charge in [-0.2, -0.15) is 0 Å². The molecule has 2 heterocycles. The quantitative estimate of drug-likeness (QED) is 0.946. The Balaban J connectivity index is 0.00000147. The number of benzene rings is 1. The first-order chi connectivity index (χ1) is 9.24. The molecular weight excluding hydrogens is 295 g/mol. The molecule has 2 aromatic rings. The highest BCUT2D eigenvalue weighted by molar-refractivity contribution is 6.32. The van der Waals surface area contributed by atoms with Gasteiger partial charge in [0.1, 0.15) is 0 Å². The minimum atomic E-state index is 0. The number of para-hydroxylation sites is 2. The molecule has 0 radical (unpaired) electrons.